The molecule has 0 aromatic heterocycles. The topological polar surface area (TPSA) is 76.7 Å². The molecule has 0 aliphatic heterocycles. The number of halogens is 2. The number of alkyl carbamates (subject to hydrolysis) is 1. The van der Waals surface area contributed by atoms with Gasteiger partial charge in [-0.25, -0.2) is 4.79 Å². The Kier molecular flexibility index (Phi) is 10.1. The van der Waals surface area contributed by atoms with Gasteiger partial charge in [0.15, 0.2) is 6.10 Å². The summed E-state index contributed by atoms with van der Waals surface area (Å²) in [5.41, 5.74) is 2.13. The van der Waals surface area contributed by atoms with Crippen LogP contribution in [0.5, 0.6) is 5.75 Å². The molecule has 0 fully saturated rings. The first-order valence-electron chi connectivity index (χ1n) is 13.3. The van der Waals surface area contributed by atoms with E-state index in [0.717, 1.165) is 5.56 Å². The Balaban J connectivity index is 2.09. The minimum Gasteiger partial charge on any atom is -0.493 e. The first kappa shape index (κ1) is 31.3. The highest BCUT2D eigenvalue weighted by Gasteiger charge is 2.32. The number of hydrogen-bond donors (Lipinski definition) is 2. The summed E-state index contributed by atoms with van der Waals surface area (Å²) >= 11 is 12.3. The molecule has 0 saturated carbocycles. The van der Waals surface area contributed by atoms with Gasteiger partial charge in [0.2, 0.25) is 0 Å². The van der Waals surface area contributed by atoms with Gasteiger partial charge in [-0.05, 0) is 86.2 Å². The molecular weight excluding hydrogens is 547 g/mol. The van der Waals surface area contributed by atoms with Crippen molar-refractivity contribution in [2.45, 2.75) is 71.6 Å². The minimum absolute atomic E-state index is 0.124. The van der Waals surface area contributed by atoms with E-state index in [1.807, 2.05) is 39.8 Å². The normalized spacial score (nSPS) is 13.2. The first-order chi connectivity index (χ1) is 18.7. The Bertz CT molecular complexity index is 1310. The molecule has 0 saturated heterocycles. The lowest BCUT2D eigenvalue weighted by molar-refractivity contribution is 0.0608. The number of nitrogens with one attached hydrogen (secondary N) is 2. The second-order valence-corrected chi connectivity index (χ2v) is 12.5. The molecule has 2 amide bonds. The molecule has 0 bridgehead atoms. The van der Waals surface area contributed by atoms with Gasteiger partial charge in [-0.1, -0.05) is 74.3 Å². The molecule has 214 valence electrons. The predicted molar refractivity (Wildman–Crippen MR) is 162 cm³/mol. The molecule has 6 nitrogen and oxygen atoms in total. The fourth-order valence-electron chi connectivity index (χ4n) is 4.11. The van der Waals surface area contributed by atoms with E-state index in [-0.39, 0.29) is 11.3 Å². The van der Waals surface area contributed by atoms with Crippen molar-refractivity contribution < 1.29 is 19.1 Å². The van der Waals surface area contributed by atoms with E-state index in [1.165, 1.54) is 0 Å². The smallest absolute Gasteiger partial charge is 0.408 e. The van der Waals surface area contributed by atoms with Crippen LogP contribution in [0.25, 0.3) is 0 Å². The lowest BCUT2D eigenvalue weighted by atomic mass is 9.86. The van der Waals surface area contributed by atoms with E-state index in [4.69, 9.17) is 32.7 Å². The highest BCUT2D eigenvalue weighted by molar-refractivity contribution is 6.30. The second kappa shape index (κ2) is 13.0. The van der Waals surface area contributed by atoms with E-state index >= 15 is 0 Å². The van der Waals surface area contributed by atoms with E-state index in [0.29, 0.717) is 39.1 Å². The van der Waals surface area contributed by atoms with E-state index < -0.39 is 23.8 Å². The number of ether oxygens (including phenoxy) is 2. The maximum Gasteiger partial charge on any atom is 0.408 e. The van der Waals surface area contributed by atoms with E-state index in [1.54, 1.807) is 54.6 Å². The molecule has 2 N–H and O–H groups in total. The number of carbonyl (C=O) groups excluding carboxylic acids is 2. The lowest BCUT2D eigenvalue weighted by Gasteiger charge is -2.31. The van der Waals surface area contributed by atoms with Crippen molar-refractivity contribution in [3.05, 3.63) is 99.0 Å². The van der Waals surface area contributed by atoms with Crippen LogP contribution >= 0.6 is 23.2 Å². The zero-order valence-corrected chi connectivity index (χ0v) is 25.6. The third-order valence-electron chi connectivity index (χ3n) is 6.12. The fourth-order valence-corrected chi connectivity index (χ4v) is 4.36. The van der Waals surface area contributed by atoms with Crippen molar-refractivity contribution >= 4 is 35.2 Å². The van der Waals surface area contributed by atoms with Crippen molar-refractivity contribution in [1.82, 2.24) is 10.6 Å². The van der Waals surface area contributed by atoms with E-state index in [2.05, 4.69) is 31.4 Å². The molecule has 3 aromatic carbocycles. The maximum atomic E-state index is 13.9. The van der Waals surface area contributed by atoms with Crippen LogP contribution in [0.2, 0.25) is 10.0 Å². The highest BCUT2D eigenvalue weighted by Crippen LogP contribution is 2.35. The molecule has 0 aliphatic rings. The first-order valence-corrected chi connectivity index (χ1v) is 14.0. The van der Waals surface area contributed by atoms with Gasteiger partial charge >= 0.3 is 6.09 Å². The van der Waals surface area contributed by atoms with Crippen LogP contribution in [0.4, 0.5) is 4.79 Å². The summed E-state index contributed by atoms with van der Waals surface area (Å²) in [5, 5.41) is 7.02. The average Bonchev–Trinajstić information content (AvgIpc) is 2.86. The third-order valence-corrected chi connectivity index (χ3v) is 6.62. The maximum absolute atomic E-state index is 13.9. The Morgan fingerprint density at radius 1 is 0.825 bits per heavy atom. The summed E-state index contributed by atoms with van der Waals surface area (Å²) in [6.45, 7) is 14.2. The van der Waals surface area contributed by atoms with Gasteiger partial charge in [-0.2, -0.15) is 0 Å². The zero-order valence-electron chi connectivity index (χ0n) is 24.1. The molecule has 8 heteroatoms. The largest absolute Gasteiger partial charge is 0.493 e. The highest BCUT2D eigenvalue weighted by atomic mass is 35.5. The van der Waals surface area contributed by atoms with Crippen LogP contribution in [-0.4, -0.2) is 24.1 Å². The molecule has 2 atom stereocenters. The molecule has 0 heterocycles. The van der Waals surface area contributed by atoms with Crippen molar-refractivity contribution in [3.63, 3.8) is 0 Å². The lowest BCUT2D eigenvalue weighted by Crippen LogP contribution is -2.43. The quantitative estimate of drug-likeness (QED) is 0.278. The van der Waals surface area contributed by atoms with Gasteiger partial charge in [0.05, 0.1) is 18.2 Å². The molecule has 3 aromatic rings. The number of hydrogen-bond acceptors (Lipinski definition) is 4. The molecule has 3 rings (SSSR count). The van der Waals surface area contributed by atoms with Gasteiger partial charge in [0, 0.05) is 15.6 Å². The van der Waals surface area contributed by atoms with Gasteiger partial charge < -0.3 is 20.1 Å². The van der Waals surface area contributed by atoms with Gasteiger partial charge in [0.1, 0.15) is 5.75 Å². The monoisotopic (exact) mass is 584 g/mol. The zero-order chi connectivity index (χ0) is 29.7. The Labute approximate surface area is 247 Å². The number of carbonyl (C=O) groups is 2. The van der Waals surface area contributed by atoms with Crippen LogP contribution < -0.4 is 15.4 Å². The molecular formula is C32H38Cl2N2O4. The fraction of sp³-hybridized carbons (Fsp3) is 0.375. The van der Waals surface area contributed by atoms with Crippen LogP contribution in [0, 0.1) is 0 Å². The SMILES string of the molecule is CCOc1cc(C(C)(C)C)ccc1C(=O)N[C@@H](c1ccc(Cl)cc1)[C@H](OC(=O)NC(C)(C)C)c1ccc(Cl)cc1. The van der Waals surface area contributed by atoms with Crippen LogP contribution in [-0.2, 0) is 10.2 Å². The minimum atomic E-state index is -0.894. The summed E-state index contributed by atoms with van der Waals surface area (Å²) in [5.74, 6) is 0.111. The molecule has 0 radical (unpaired) electrons. The summed E-state index contributed by atoms with van der Waals surface area (Å²) in [7, 11) is 0. The standard InChI is InChI=1S/C32H38Cl2N2O4/c1-8-39-26-19-22(31(2,3)4)13-18-25(26)29(37)35-27(20-9-14-23(33)15-10-20)28(21-11-16-24(34)17-12-21)40-30(38)36-32(5,6)7/h9-19,27-28H,8H2,1-7H3,(H,35,37)(H,36,38)/t27-,28+/m0/s1. The summed E-state index contributed by atoms with van der Waals surface area (Å²) in [6, 6.07) is 18.9. The van der Waals surface area contributed by atoms with Crippen LogP contribution in [0.3, 0.4) is 0 Å². The van der Waals surface area contributed by atoms with Crippen LogP contribution in [0.1, 0.15) is 87.7 Å². The van der Waals surface area contributed by atoms with E-state index in [9.17, 15) is 9.59 Å². The Morgan fingerprint density at radius 2 is 1.38 bits per heavy atom. The number of amides is 2. The molecule has 0 unspecified atom stereocenters. The Hall–Kier alpha value is -3.22. The van der Waals surface area contributed by atoms with Gasteiger partial charge in [0.25, 0.3) is 5.91 Å². The molecule has 40 heavy (non-hydrogen) atoms. The summed E-state index contributed by atoms with van der Waals surface area (Å²) in [6.07, 6.45) is -1.51. The predicted octanol–water partition coefficient (Wildman–Crippen LogP) is 8.43. The van der Waals surface area contributed by atoms with Gasteiger partial charge in [-0.15, -0.1) is 0 Å². The summed E-state index contributed by atoms with van der Waals surface area (Å²) < 4.78 is 11.9. The van der Waals surface area contributed by atoms with Crippen molar-refractivity contribution in [2.75, 3.05) is 6.61 Å². The Morgan fingerprint density at radius 3 is 1.88 bits per heavy atom. The van der Waals surface area contributed by atoms with Crippen LogP contribution in [0.15, 0.2) is 66.7 Å². The number of rotatable bonds is 8. The second-order valence-electron chi connectivity index (χ2n) is 11.6. The van der Waals surface area contributed by atoms with Crippen molar-refractivity contribution in [2.24, 2.45) is 0 Å². The summed E-state index contributed by atoms with van der Waals surface area (Å²) in [4.78, 5) is 26.9. The molecule has 0 spiro atoms. The average molecular weight is 586 g/mol. The molecule has 0 aliphatic carbocycles. The third kappa shape index (κ3) is 8.64. The number of benzene rings is 3. The van der Waals surface area contributed by atoms with Crippen molar-refractivity contribution in [3.8, 4) is 5.75 Å². The van der Waals surface area contributed by atoms with Gasteiger partial charge in [-0.3, -0.25) is 4.79 Å². The van der Waals surface area contributed by atoms with Crippen molar-refractivity contribution in [1.29, 1.82) is 0 Å².